The summed E-state index contributed by atoms with van der Waals surface area (Å²) in [5, 5.41) is 5.55. The predicted octanol–water partition coefficient (Wildman–Crippen LogP) is 2.51. The fraction of sp³-hybridized carbons (Fsp3) is 0.556. The number of hydrogen-bond donors (Lipinski definition) is 2. The van der Waals surface area contributed by atoms with Crippen LogP contribution in [0.25, 0.3) is 0 Å². The molecule has 0 saturated heterocycles. The van der Waals surface area contributed by atoms with Crippen LogP contribution in [-0.2, 0) is 4.79 Å². The Balaban J connectivity index is 1.85. The van der Waals surface area contributed by atoms with E-state index in [1.807, 2.05) is 20.8 Å². The summed E-state index contributed by atoms with van der Waals surface area (Å²) < 4.78 is 5.64. The normalized spacial score (nSPS) is 15.7. The molecule has 5 nitrogen and oxygen atoms in total. The van der Waals surface area contributed by atoms with Crippen LogP contribution < -0.4 is 15.4 Å². The number of carbonyl (C=O) groups is 2. The molecule has 1 aliphatic carbocycles. The number of ether oxygens (including phenoxy) is 1. The monoisotopic (exact) mass is 318 g/mol. The lowest BCUT2D eigenvalue weighted by Gasteiger charge is -2.23. The molecule has 1 aliphatic rings. The lowest BCUT2D eigenvalue weighted by Crippen LogP contribution is -2.50. The molecule has 1 saturated carbocycles. The summed E-state index contributed by atoms with van der Waals surface area (Å²) in [6.07, 6.45) is 2.49. The predicted molar refractivity (Wildman–Crippen MR) is 89.5 cm³/mol. The molecule has 1 aromatic carbocycles. The average molecular weight is 318 g/mol. The van der Waals surface area contributed by atoms with Crippen molar-refractivity contribution in [1.29, 1.82) is 0 Å². The van der Waals surface area contributed by atoms with Gasteiger partial charge >= 0.3 is 0 Å². The van der Waals surface area contributed by atoms with Gasteiger partial charge in [-0.3, -0.25) is 9.59 Å². The number of hydrogen-bond acceptors (Lipinski definition) is 3. The molecular formula is C18H26N2O3. The molecule has 2 amide bonds. The average Bonchev–Trinajstić information content (AvgIpc) is 3.28. The van der Waals surface area contributed by atoms with Crippen molar-refractivity contribution in [3.8, 4) is 5.75 Å². The topological polar surface area (TPSA) is 67.4 Å². The maximum atomic E-state index is 12.2. The van der Waals surface area contributed by atoms with E-state index in [1.54, 1.807) is 31.2 Å². The van der Waals surface area contributed by atoms with Gasteiger partial charge in [0.2, 0.25) is 5.91 Å². The van der Waals surface area contributed by atoms with Crippen LogP contribution in [-0.4, -0.2) is 30.0 Å². The molecule has 2 N–H and O–H groups in total. The summed E-state index contributed by atoms with van der Waals surface area (Å²) in [5.41, 5.74) is 0.190. The van der Waals surface area contributed by atoms with Crippen molar-refractivity contribution < 1.29 is 14.3 Å². The Morgan fingerprint density at radius 2 is 1.83 bits per heavy atom. The van der Waals surface area contributed by atoms with E-state index < -0.39 is 6.04 Å². The van der Waals surface area contributed by atoms with E-state index in [0.29, 0.717) is 11.5 Å². The van der Waals surface area contributed by atoms with Crippen molar-refractivity contribution in [2.24, 2.45) is 5.92 Å². The zero-order valence-corrected chi connectivity index (χ0v) is 14.3. The molecule has 2 rings (SSSR count). The van der Waals surface area contributed by atoms with Crippen LogP contribution in [0.5, 0.6) is 5.75 Å². The van der Waals surface area contributed by atoms with E-state index in [-0.39, 0.29) is 17.4 Å². The Kier molecular flexibility index (Phi) is 5.29. The number of nitrogens with one attached hydrogen (secondary N) is 2. The maximum absolute atomic E-state index is 12.2. The van der Waals surface area contributed by atoms with Crippen molar-refractivity contribution in [2.45, 2.75) is 52.1 Å². The third-order valence-corrected chi connectivity index (χ3v) is 3.54. The standard InChI is InChI=1S/C18H26N2O3/c1-12(16(21)20-18(2,3)4)19-17(22)14-7-9-15(10-8-14)23-11-13-5-6-13/h7-10,12-13H,5-6,11H2,1-4H3,(H,19,22)(H,20,21)/t12-/m1/s1. The minimum Gasteiger partial charge on any atom is -0.493 e. The Bertz CT molecular complexity index is 557. The van der Waals surface area contributed by atoms with Gasteiger partial charge in [0.05, 0.1) is 6.61 Å². The highest BCUT2D eigenvalue weighted by Crippen LogP contribution is 2.29. The van der Waals surface area contributed by atoms with Gasteiger partial charge < -0.3 is 15.4 Å². The van der Waals surface area contributed by atoms with Crippen LogP contribution in [0.4, 0.5) is 0 Å². The van der Waals surface area contributed by atoms with Gasteiger partial charge in [-0.25, -0.2) is 0 Å². The number of benzene rings is 1. The van der Waals surface area contributed by atoms with Gasteiger partial charge in [0.1, 0.15) is 11.8 Å². The molecule has 0 bridgehead atoms. The van der Waals surface area contributed by atoms with Crippen LogP contribution >= 0.6 is 0 Å². The van der Waals surface area contributed by atoms with Gasteiger partial charge in [0.15, 0.2) is 0 Å². The third-order valence-electron chi connectivity index (χ3n) is 3.54. The van der Waals surface area contributed by atoms with Crippen molar-refractivity contribution in [3.63, 3.8) is 0 Å². The molecule has 0 spiro atoms. The third kappa shape index (κ3) is 5.93. The van der Waals surface area contributed by atoms with Gasteiger partial charge in [-0.2, -0.15) is 0 Å². The first-order chi connectivity index (χ1) is 10.7. The van der Waals surface area contributed by atoms with Gasteiger partial charge in [-0.1, -0.05) is 0 Å². The van der Waals surface area contributed by atoms with Gasteiger partial charge in [0.25, 0.3) is 5.91 Å². The van der Waals surface area contributed by atoms with Crippen LogP contribution in [0.15, 0.2) is 24.3 Å². The quantitative estimate of drug-likeness (QED) is 0.847. The smallest absolute Gasteiger partial charge is 0.251 e. The molecule has 0 radical (unpaired) electrons. The van der Waals surface area contributed by atoms with E-state index >= 15 is 0 Å². The van der Waals surface area contributed by atoms with E-state index in [9.17, 15) is 9.59 Å². The number of amides is 2. The lowest BCUT2D eigenvalue weighted by molar-refractivity contribution is -0.124. The molecule has 0 aromatic heterocycles. The molecular weight excluding hydrogens is 292 g/mol. The molecule has 0 unspecified atom stereocenters. The minimum absolute atomic E-state index is 0.199. The van der Waals surface area contributed by atoms with Crippen LogP contribution in [0.1, 0.15) is 50.9 Å². The molecule has 0 aliphatic heterocycles. The molecule has 1 atom stereocenters. The summed E-state index contributed by atoms with van der Waals surface area (Å²) >= 11 is 0. The molecule has 23 heavy (non-hydrogen) atoms. The summed E-state index contributed by atoms with van der Waals surface area (Å²) in [7, 11) is 0. The molecule has 1 fully saturated rings. The van der Waals surface area contributed by atoms with Gasteiger partial charge in [-0.05, 0) is 70.7 Å². The van der Waals surface area contributed by atoms with E-state index in [0.717, 1.165) is 12.4 Å². The first kappa shape index (κ1) is 17.3. The molecule has 126 valence electrons. The second kappa shape index (κ2) is 7.02. The highest BCUT2D eigenvalue weighted by Gasteiger charge is 2.22. The van der Waals surface area contributed by atoms with Crippen LogP contribution in [0, 0.1) is 5.92 Å². The Morgan fingerprint density at radius 1 is 1.22 bits per heavy atom. The van der Waals surface area contributed by atoms with Crippen molar-refractivity contribution in [2.75, 3.05) is 6.61 Å². The number of carbonyl (C=O) groups excluding carboxylic acids is 2. The Morgan fingerprint density at radius 3 is 2.35 bits per heavy atom. The Labute approximate surface area is 137 Å². The fourth-order valence-electron chi connectivity index (χ4n) is 2.02. The lowest BCUT2D eigenvalue weighted by atomic mass is 10.1. The highest BCUT2D eigenvalue weighted by molar-refractivity contribution is 5.97. The highest BCUT2D eigenvalue weighted by atomic mass is 16.5. The van der Waals surface area contributed by atoms with Crippen LogP contribution in [0.3, 0.4) is 0 Å². The van der Waals surface area contributed by atoms with Crippen LogP contribution in [0.2, 0.25) is 0 Å². The molecule has 5 heteroatoms. The summed E-state index contributed by atoms with van der Waals surface area (Å²) in [6, 6.07) is 6.42. The molecule has 0 heterocycles. The van der Waals surface area contributed by atoms with Gasteiger partial charge in [0, 0.05) is 11.1 Å². The van der Waals surface area contributed by atoms with E-state index in [4.69, 9.17) is 4.74 Å². The largest absolute Gasteiger partial charge is 0.493 e. The second-order valence-corrected chi connectivity index (χ2v) is 7.21. The number of rotatable bonds is 6. The first-order valence-corrected chi connectivity index (χ1v) is 8.10. The molecule has 1 aromatic rings. The summed E-state index contributed by atoms with van der Waals surface area (Å²) in [4.78, 5) is 24.2. The summed E-state index contributed by atoms with van der Waals surface area (Å²) in [6.45, 7) is 8.13. The Hall–Kier alpha value is -2.04. The zero-order chi connectivity index (χ0) is 17.0. The minimum atomic E-state index is -0.590. The van der Waals surface area contributed by atoms with Crippen molar-refractivity contribution in [3.05, 3.63) is 29.8 Å². The van der Waals surface area contributed by atoms with E-state index in [2.05, 4.69) is 10.6 Å². The summed E-state index contributed by atoms with van der Waals surface area (Å²) in [5.74, 6) is 0.998. The van der Waals surface area contributed by atoms with E-state index in [1.165, 1.54) is 12.8 Å². The zero-order valence-electron chi connectivity index (χ0n) is 14.3. The first-order valence-electron chi connectivity index (χ1n) is 8.10. The SMILES string of the molecule is C[C@@H](NC(=O)c1ccc(OCC2CC2)cc1)C(=O)NC(C)(C)C. The van der Waals surface area contributed by atoms with Crippen molar-refractivity contribution in [1.82, 2.24) is 10.6 Å². The van der Waals surface area contributed by atoms with Gasteiger partial charge in [-0.15, -0.1) is 0 Å². The van der Waals surface area contributed by atoms with Crippen molar-refractivity contribution >= 4 is 11.8 Å². The second-order valence-electron chi connectivity index (χ2n) is 7.21. The maximum Gasteiger partial charge on any atom is 0.251 e. The fourth-order valence-corrected chi connectivity index (χ4v) is 2.02.